The maximum Gasteiger partial charge on any atom is 0.673 e. The van der Waals surface area contributed by atoms with Crippen molar-refractivity contribution in [2.75, 3.05) is 7.11 Å². The van der Waals surface area contributed by atoms with Crippen LogP contribution in [0.3, 0.4) is 0 Å². The van der Waals surface area contributed by atoms with Crippen molar-refractivity contribution in [2.45, 2.75) is 6.92 Å². The normalized spacial score (nSPS) is 9.81. The SMILES string of the molecule is COc1ccc(C)c([N+]#N)c1.F[B-](F)(F)F. The first-order chi connectivity index (χ1) is 7.27. The van der Waals surface area contributed by atoms with Crippen LogP contribution in [0.1, 0.15) is 5.56 Å². The van der Waals surface area contributed by atoms with Crippen LogP contribution in [-0.4, -0.2) is 14.4 Å². The molecule has 0 spiro atoms. The summed E-state index contributed by atoms with van der Waals surface area (Å²) in [5, 5.41) is 8.51. The predicted octanol–water partition coefficient (Wildman–Crippen LogP) is 3.79. The van der Waals surface area contributed by atoms with Gasteiger partial charge >= 0.3 is 12.9 Å². The smallest absolute Gasteiger partial charge is 0.496 e. The van der Waals surface area contributed by atoms with Gasteiger partial charge < -0.3 is 22.0 Å². The molecule has 1 aromatic carbocycles. The number of rotatable bonds is 1. The third kappa shape index (κ3) is 6.65. The molecule has 0 fully saturated rings. The van der Waals surface area contributed by atoms with Gasteiger partial charge in [0.1, 0.15) is 5.75 Å². The molecule has 0 N–H and O–H groups in total. The lowest BCUT2D eigenvalue weighted by atomic mass is 10.2. The Labute approximate surface area is 89.8 Å². The van der Waals surface area contributed by atoms with Crippen molar-refractivity contribution in [1.29, 1.82) is 5.39 Å². The van der Waals surface area contributed by atoms with Crippen LogP contribution in [0.2, 0.25) is 0 Å². The van der Waals surface area contributed by atoms with E-state index >= 15 is 0 Å². The average Bonchev–Trinajstić information content (AvgIpc) is 2.16. The van der Waals surface area contributed by atoms with Crippen molar-refractivity contribution < 1.29 is 22.0 Å². The zero-order chi connectivity index (χ0) is 12.8. The lowest BCUT2D eigenvalue weighted by Gasteiger charge is -1.95. The maximum absolute atomic E-state index is 9.75. The number of hydrogen-bond donors (Lipinski definition) is 0. The summed E-state index contributed by atoms with van der Waals surface area (Å²) < 4.78 is 43.9. The monoisotopic (exact) mass is 236 g/mol. The van der Waals surface area contributed by atoms with Crippen molar-refractivity contribution in [3.05, 3.63) is 28.7 Å². The number of halogens is 4. The quantitative estimate of drug-likeness (QED) is 0.422. The number of aryl methyl sites for hydroxylation is 1. The van der Waals surface area contributed by atoms with Crippen LogP contribution in [0, 0.1) is 12.3 Å². The van der Waals surface area contributed by atoms with Gasteiger partial charge in [-0.2, -0.15) is 0 Å². The van der Waals surface area contributed by atoms with E-state index in [1.54, 1.807) is 13.2 Å². The Hall–Kier alpha value is -1.78. The van der Waals surface area contributed by atoms with E-state index in [1.165, 1.54) is 0 Å². The molecule has 0 atom stereocenters. The van der Waals surface area contributed by atoms with Crippen LogP contribution in [0.25, 0.3) is 4.98 Å². The number of ether oxygens (including phenoxy) is 1. The third-order valence-electron chi connectivity index (χ3n) is 1.52. The van der Waals surface area contributed by atoms with Gasteiger partial charge in [-0.15, -0.1) is 0 Å². The molecule has 0 saturated heterocycles. The van der Waals surface area contributed by atoms with Gasteiger partial charge in [-0.3, -0.25) is 0 Å². The van der Waals surface area contributed by atoms with Gasteiger partial charge in [0, 0.05) is 5.56 Å². The molecule has 0 bridgehead atoms. The molecule has 3 nitrogen and oxygen atoms in total. The molecular formula is C8H9BF4N2O. The first-order valence-corrected chi connectivity index (χ1v) is 4.15. The minimum atomic E-state index is -6.00. The van der Waals surface area contributed by atoms with Gasteiger partial charge in [0.2, 0.25) is 5.39 Å². The minimum Gasteiger partial charge on any atom is -0.496 e. The summed E-state index contributed by atoms with van der Waals surface area (Å²) >= 11 is 0. The highest BCUT2D eigenvalue weighted by Gasteiger charge is 2.20. The van der Waals surface area contributed by atoms with Gasteiger partial charge in [-0.25, -0.2) is 0 Å². The average molecular weight is 236 g/mol. The highest BCUT2D eigenvalue weighted by Crippen LogP contribution is 2.23. The Bertz CT molecular complexity index is 383. The van der Waals surface area contributed by atoms with Crippen LogP contribution < -0.4 is 4.74 Å². The molecule has 16 heavy (non-hydrogen) atoms. The van der Waals surface area contributed by atoms with Crippen LogP contribution in [0.4, 0.5) is 23.0 Å². The summed E-state index contributed by atoms with van der Waals surface area (Å²) in [6.45, 7) is 1.87. The summed E-state index contributed by atoms with van der Waals surface area (Å²) in [5.74, 6) is 0.698. The van der Waals surface area contributed by atoms with Gasteiger partial charge in [0.25, 0.3) is 0 Å². The van der Waals surface area contributed by atoms with E-state index in [1.807, 2.05) is 19.1 Å². The molecule has 0 saturated carbocycles. The minimum absolute atomic E-state index is 0.546. The summed E-state index contributed by atoms with van der Waals surface area (Å²) in [6, 6.07) is 5.34. The second-order valence-electron chi connectivity index (χ2n) is 2.75. The van der Waals surface area contributed by atoms with E-state index < -0.39 is 7.25 Å². The highest BCUT2D eigenvalue weighted by molar-refractivity contribution is 6.50. The molecule has 0 amide bonds. The van der Waals surface area contributed by atoms with Gasteiger partial charge in [-0.1, -0.05) is 0 Å². The van der Waals surface area contributed by atoms with Crippen molar-refractivity contribution >= 4 is 12.9 Å². The fourth-order valence-corrected chi connectivity index (χ4v) is 0.824. The zero-order valence-corrected chi connectivity index (χ0v) is 8.62. The molecular weight excluding hydrogens is 227 g/mol. The van der Waals surface area contributed by atoms with Crippen molar-refractivity contribution in [2.24, 2.45) is 0 Å². The first-order valence-electron chi connectivity index (χ1n) is 4.15. The topological polar surface area (TPSA) is 37.4 Å². The Kier molecular flexibility index (Phi) is 5.29. The summed E-state index contributed by atoms with van der Waals surface area (Å²) in [4.78, 5) is 3.10. The predicted molar refractivity (Wildman–Crippen MR) is 52.7 cm³/mol. The van der Waals surface area contributed by atoms with E-state index in [0.29, 0.717) is 11.4 Å². The Morgan fingerprint density at radius 1 is 1.25 bits per heavy atom. The van der Waals surface area contributed by atoms with E-state index in [-0.39, 0.29) is 0 Å². The van der Waals surface area contributed by atoms with E-state index in [0.717, 1.165) is 5.56 Å². The van der Waals surface area contributed by atoms with Gasteiger partial charge in [-0.05, 0) is 19.1 Å². The summed E-state index contributed by atoms with van der Waals surface area (Å²) in [5.41, 5.74) is 1.47. The Morgan fingerprint density at radius 2 is 1.75 bits per heavy atom. The van der Waals surface area contributed by atoms with Crippen molar-refractivity contribution in [1.82, 2.24) is 0 Å². The van der Waals surface area contributed by atoms with Crippen LogP contribution in [0.5, 0.6) is 5.75 Å². The van der Waals surface area contributed by atoms with E-state index in [9.17, 15) is 17.3 Å². The van der Waals surface area contributed by atoms with Crippen molar-refractivity contribution in [3.8, 4) is 5.75 Å². The van der Waals surface area contributed by atoms with Crippen molar-refractivity contribution in [3.63, 3.8) is 0 Å². The highest BCUT2D eigenvalue weighted by atomic mass is 19.5. The molecule has 0 aliphatic rings. The number of diazo groups is 1. The molecule has 0 radical (unpaired) electrons. The number of methoxy groups -OCH3 is 1. The maximum atomic E-state index is 9.75. The van der Waals surface area contributed by atoms with Gasteiger partial charge in [0.15, 0.2) is 4.98 Å². The zero-order valence-electron chi connectivity index (χ0n) is 8.62. The molecule has 8 heteroatoms. The Morgan fingerprint density at radius 3 is 2.12 bits per heavy atom. The van der Waals surface area contributed by atoms with Crippen LogP contribution >= 0.6 is 0 Å². The number of hydrogen-bond acceptors (Lipinski definition) is 2. The summed E-state index contributed by atoms with van der Waals surface area (Å²) in [7, 11) is -4.42. The van der Waals surface area contributed by atoms with Crippen LogP contribution in [0.15, 0.2) is 18.2 Å². The summed E-state index contributed by atoms with van der Waals surface area (Å²) in [6.07, 6.45) is 0. The fraction of sp³-hybridized carbons (Fsp3) is 0.250. The fourth-order valence-electron chi connectivity index (χ4n) is 0.824. The molecule has 0 aliphatic carbocycles. The first kappa shape index (κ1) is 14.2. The second-order valence-corrected chi connectivity index (χ2v) is 2.75. The van der Waals surface area contributed by atoms with E-state index in [2.05, 4.69) is 4.98 Å². The molecule has 0 aromatic heterocycles. The number of benzene rings is 1. The molecule has 1 rings (SSSR count). The lowest BCUT2D eigenvalue weighted by Crippen LogP contribution is -2.02. The molecule has 0 heterocycles. The molecule has 88 valence electrons. The van der Waals surface area contributed by atoms with Crippen LogP contribution in [-0.2, 0) is 0 Å². The lowest BCUT2D eigenvalue weighted by molar-refractivity contribution is 0.368. The van der Waals surface area contributed by atoms with Gasteiger partial charge in [0.05, 0.1) is 13.2 Å². The second kappa shape index (κ2) is 5.95. The third-order valence-corrected chi connectivity index (χ3v) is 1.52. The molecule has 0 aliphatic heterocycles. The Balaban J connectivity index is 0.000000385. The number of nitrogens with zero attached hydrogens (tertiary/aromatic N) is 2. The molecule has 1 aromatic rings. The largest absolute Gasteiger partial charge is 0.673 e. The molecule has 0 unspecified atom stereocenters. The standard InChI is InChI=1S/C8H9N2O.BF4/c1-6-3-4-7(11-2)5-8(6)10-9;2-1(3,4)5/h3-5H,1-2H3;/q+1;-1. The van der Waals surface area contributed by atoms with E-state index in [4.69, 9.17) is 10.1 Å².